The van der Waals surface area contributed by atoms with Crippen LogP contribution in [0.1, 0.15) is 24.1 Å². The fourth-order valence-electron chi connectivity index (χ4n) is 1.55. The van der Waals surface area contributed by atoms with Gasteiger partial charge in [0.25, 0.3) is 5.69 Å². The van der Waals surface area contributed by atoms with Gasteiger partial charge in [-0.1, -0.05) is 0 Å². The van der Waals surface area contributed by atoms with Gasteiger partial charge in [0.05, 0.1) is 12.0 Å². The lowest BCUT2D eigenvalue weighted by atomic mass is 10.1. The minimum absolute atomic E-state index is 0.00856. The molecule has 1 aromatic rings. The summed E-state index contributed by atoms with van der Waals surface area (Å²) < 4.78 is 5.11. The Bertz CT molecular complexity index is 476. The molecule has 0 saturated carbocycles. The summed E-state index contributed by atoms with van der Waals surface area (Å²) in [6, 6.07) is 0. The minimum atomic E-state index is -0.444. The van der Waals surface area contributed by atoms with Gasteiger partial charge in [0.1, 0.15) is 5.69 Å². The molecule has 0 N–H and O–H groups in total. The van der Waals surface area contributed by atoms with E-state index in [9.17, 15) is 14.9 Å². The monoisotopic (exact) mass is 316 g/mol. The van der Waals surface area contributed by atoms with E-state index in [-0.39, 0.29) is 18.1 Å². The second-order valence-corrected chi connectivity index (χ2v) is 4.57. The van der Waals surface area contributed by atoms with E-state index in [1.165, 1.54) is 13.3 Å². The van der Waals surface area contributed by atoms with Gasteiger partial charge in [0.15, 0.2) is 0 Å². The highest BCUT2D eigenvalue weighted by Crippen LogP contribution is 2.28. The summed E-state index contributed by atoms with van der Waals surface area (Å²) >= 11 is 3.21. The van der Waals surface area contributed by atoms with Crippen LogP contribution in [0.3, 0.4) is 0 Å². The molecule has 0 aliphatic rings. The first kappa shape index (κ1) is 14.6. The number of hydrogen-bond donors (Lipinski definition) is 0. The van der Waals surface area contributed by atoms with E-state index in [1.54, 1.807) is 6.92 Å². The van der Waals surface area contributed by atoms with E-state index >= 15 is 0 Å². The summed E-state index contributed by atoms with van der Waals surface area (Å²) in [5, 5.41) is 11.0. The number of ether oxygens (including phenoxy) is 1. The van der Waals surface area contributed by atoms with Crippen molar-refractivity contribution in [3.8, 4) is 0 Å². The van der Waals surface area contributed by atoms with Crippen LogP contribution in [0.2, 0.25) is 0 Å². The Kier molecular flexibility index (Phi) is 5.21. The van der Waals surface area contributed by atoms with E-state index < -0.39 is 4.92 Å². The lowest BCUT2D eigenvalue weighted by Crippen LogP contribution is -2.04. The molecule has 98 valence electrons. The zero-order chi connectivity index (χ0) is 13.7. The van der Waals surface area contributed by atoms with Crippen molar-refractivity contribution in [1.29, 1.82) is 0 Å². The molecule has 7 heteroatoms. The number of nitrogens with zero attached hydrogens (tertiary/aromatic N) is 2. The fraction of sp³-hybridized carbons (Fsp3) is 0.455. The van der Waals surface area contributed by atoms with E-state index in [2.05, 4.69) is 25.7 Å². The Hall–Kier alpha value is -1.50. The summed E-state index contributed by atoms with van der Waals surface area (Å²) in [6.07, 6.45) is 2.61. The van der Waals surface area contributed by atoms with Gasteiger partial charge < -0.3 is 4.74 Å². The third-order valence-electron chi connectivity index (χ3n) is 2.53. The van der Waals surface area contributed by atoms with Crippen molar-refractivity contribution in [2.75, 3.05) is 7.11 Å². The van der Waals surface area contributed by atoms with E-state index in [4.69, 9.17) is 0 Å². The largest absolute Gasteiger partial charge is 0.469 e. The minimum Gasteiger partial charge on any atom is -0.469 e. The van der Waals surface area contributed by atoms with Crippen LogP contribution in [0.25, 0.3) is 0 Å². The molecule has 6 nitrogen and oxygen atoms in total. The molecule has 1 aromatic heterocycles. The molecule has 0 unspecified atom stereocenters. The van der Waals surface area contributed by atoms with Gasteiger partial charge in [-0.2, -0.15) is 0 Å². The molecule has 0 aromatic carbocycles. The average Bonchev–Trinajstić information content (AvgIpc) is 2.33. The molecule has 0 radical (unpaired) electrons. The Morgan fingerprint density at radius 3 is 2.83 bits per heavy atom. The molecule has 0 amide bonds. The number of aryl methyl sites for hydroxylation is 1. The maximum atomic E-state index is 11.0. The van der Waals surface area contributed by atoms with Crippen molar-refractivity contribution in [3.63, 3.8) is 0 Å². The summed E-state index contributed by atoms with van der Waals surface area (Å²) in [5.74, 6) is -0.327. The lowest BCUT2D eigenvalue weighted by molar-refractivity contribution is -0.386. The van der Waals surface area contributed by atoms with Crippen LogP contribution in [0.4, 0.5) is 5.69 Å². The van der Waals surface area contributed by atoms with Gasteiger partial charge in [0, 0.05) is 22.7 Å². The number of carbonyl (C=O) groups excluding carboxylic acids is 1. The van der Waals surface area contributed by atoms with E-state index in [0.29, 0.717) is 28.6 Å². The van der Waals surface area contributed by atoms with Crippen LogP contribution < -0.4 is 0 Å². The first-order chi connectivity index (χ1) is 8.47. The van der Waals surface area contributed by atoms with Crippen molar-refractivity contribution in [3.05, 3.63) is 32.0 Å². The van der Waals surface area contributed by atoms with Crippen molar-refractivity contribution in [1.82, 2.24) is 4.98 Å². The zero-order valence-electron chi connectivity index (χ0n) is 10.1. The number of nitro groups is 1. The van der Waals surface area contributed by atoms with Gasteiger partial charge in [-0.25, -0.2) is 0 Å². The van der Waals surface area contributed by atoms with E-state index in [1.807, 2.05) is 0 Å². The molecule has 0 spiro atoms. The number of carbonyl (C=O) groups is 1. The van der Waals surface area contributed by atoms with Crippen molar-refractivity contribution < 1.29 is 14.5 Å². The molecule has 1 rings (SSSR count). The van der Waals surface area contributed by atoms with Crippen LogP contribution in [0.5, 0.6) is 0 Å². The average molecular weight is 317 g/mol. The Morgan fingerprint density at radius 2 is 2.28 bits per heavy atom. The maximum absolute atomic E-state index is 11.0. The highest BCUT2D eigenvalue weighted by Gasteiger charge is 2.20. The summed E-state index contributed by atoms with van der Waals surface area (Å²) in [5.41, 5.74) is 0.946. The smallest absolute Gasteiger partial charge is 0.305 e. The lowest BCUT2D eigenvalue weighted by Gasteiger charge is -2.05. The number of hydrogen-bond acceptors (Lipinski definition) is 5. The third kappa shape index (κ3) is 3.49. The van der Waals surface area contributed by atoms with Crippen molar-refractivity contribution in [2.45, 2.75) is 26.2 Å². The number of halogens is 1. The molecular weight excluding hydrogens is 304 g/mol. The summed E-state index contributed by atoms with van der Waals surface area (Å²) in [6.45, 7) is 1.66. The van der Waals surface area contributed by atoms with Crippen LogP contribution >= 0.6 is 15.9 Å². The quantitative estimate of drug-likeness (QED) is 0.473. The standard InChI is InChI=1S/C11H13BrN2O4/c1-7-8(12)6-13-9(11(7)14(16)17)4-3-5-10(15)18-2/h6H,3-5H2,1-2H3. The molecule has 0 fully saturated rings. The van der Waals surface area contributed by atoms with Gasteiger partial charge in [-0.15, -0.1) is 0 Å². The number of pyridine rings is 1. The first-order valence-electron chi connectivity index (χ1n) is 5.32. The van der Waals surface area contributed by atoms with Crippen LogP contribution in [-0.2, 0) is 16.0 Å². The van der Waals surface area contributed by atoms with E-state index in [0.717, 1.165) is 0 Å². The second-order valence-electron chi connectivity index (χ2n) is 3.71. The second kappa shape index (κ2) is 6.44. The normalized spacial score (nSPS) is 10.2. The first-order valence-corrected chi connectivity index (χ1v) is 6.11. The zero-order valence-corrected chi connectivity index (χ0v) is 11.7. The predicted molar refractivity (Wildman–Crippen MR) is 68.3 cm³/mol. The molecule has 0 bridgehead atoms. The number of methoxy groups -OCH3 is 1. The Labute approximate surface area is 113 Å². The van der Waals surface area contributed by atoms with Gasteiger partial charge in [-0.05, 0) is 35.7 Å². The fourth-order valence-corrected chi connectivity index (χ4v) is 1.84. The molecule has 0 saturated heterocycles. The van der Waals surface area contributed by atoms with Crippen LogP contribution in [0, 0.1) is 17.0 Å². The van der Waals surface area contributed by atoms with Crippen molar-refractivity contribution >= 4 is 27.6 Å². The van der Waals surface area contributed by atoms with Crippen molar-refractivity contribution in [2.24, 2.45) is 0 Å². The van der Waals surface area contributed by atoms with Crippen LogP contribution in [0.15, 0.2) is 10.7 Å². The Balaban J connectivity index is 2.86. The van der Waals surface area contributed by atoms with Gasteiger partial charge >= 0.3 is 5.97 Å². The molecule has 0 aliphatic heterocycles. The maximum Gasteiger partial charge on any atom is 0.305 e. The van der Waals surface area contributed by atoms with Crippen LogP contribution in [-0.4, -0.2) is 23.0 Å². The van der Waals surface area contributed by atoms with Gasteiger partial charge in [0.2, 0.25) is 0 Å². The SMILES string of the molecule is COC(=O)CCCc1ncc(Br)c(C)c1[N+](=O)[O-]. The highest BCUT2D eigenvalue weighted by atomic mass is 79.9. The topological polar surface area (TPSA) is 82.3 Å². The molecule has 0 atom stereocenters. The summed E-state index contributed by atoms with van der Waals surface area (Å²) in [4.78, 5) is 25.6. The number of esters is 1. The van der Waals surface area contributed by atoms with Gasteiger partial charge in [-0.3, -0.25) is 19.9 Å². The predicted octanol–water partition coefficient (Wildman–Crippen LogP) is 2.56. The molecule has 1 heterocycles. The Morgan fingerprint density at radius 1 is 1.61 bits per heavy atom. The number of rotatable bonds is 5. The summed E-state index contributed by atoms with van der Waals surface area (Å²) in [7, 11) is 1.31. The molecule has 18 heavy (non-hydrogen) atoms. The molecular formula is C11H13BrN2O4. The number of aromatic nitrogens is 1. The third-order valence-corrected chi connectivity index (χ3v) is 3.32. The molecule has 0 aliphatic carbocycles. The highest BCUT2D eigenvalue weighted by molar-refractivity contribution is 9.10.